The molecule has 8 heteroatoms. The maximum atomic E-state index is 10.1. The summed E-state index contributed by atoms with van der Waals surface area (Å²) in [4.78, 5) is 2.95. The SMILES string of the molecule is COc1ccc(Br)cc1[C@H]1[C@@]2(C#N)[C@]3([NH+]=C(N)[C@@]12C#N)OC[C@H](C)O3. The fraction of sp³-hybridized carbons (Fsp3) is 0.471. The number of ether oxygens (including phenoxy) is 3. The Hall–Kier alpha value is -2.13. The number of nitrogens with two attached hydrogens (primary N) is 1. The molecule has 3 aliphatic rings. The van der Waals surface area contributed by atoms with Crippen molar-refractivity contribution >= 4 is 21.8 Å². The minimum atomic E-state index is -1.43. The lowest BCUT2D eigenvalue weighted by Crippen LogP contribution is -2.90. The Bertz CT molecular complexity index is 891. The summed E-state index contributed by atoms with van der Waals surface area (Å²) < 4.78 is 18.1. The average Bonchev–Trinajstić information content (AvgIpc) is 2.98. The second-order valence-corrected chi connectivity index (χ2v) is 7.47. The molecule has 1 aromatic rings. The van der Waals surface area contributed by atoms with Gasteiger partial charge in [0.15, 0.2) is 10.8 Å². The van der Waals surface area contributed by atoms with Gasteiger partial charge in [-0.3, -0.25) is 5.73 Å². The Labute approximate surface area is 153 Å². The molecule has 0 unspecified atom stereocenters. The molecule has 2 heterocycles. The fourth-order valence-corrected chi connectivity index (χ4v) is 4.74. The van der Waals surface area contributed by atoms with Gasteiger partial charge in [-0.25, -0.2) is 4.99 Å². The summed E-state index contributed by atoms with van der Waals surface area (Å²) in [6, 6.07) is 10.0. The van der Waals surface area contributed by atoms with Crippen LogP contribution in [0.4, 0.5) is 0 Å². The van der Waals surface area contributed by atoms with Gasteiger partial charge in [0, 0.05) is 10.0 Å². The molecule has 1 aliphatic carbocycles. The molecule has 2 fully saturated rings. The smallest absolute Gasteiger partial charge is 0.343 e. The Morgan fingerprint density at radius 3 is 2.72 bits per heavy atom. The first-order valence-electron chi connectivity index (χ1n) is 7.81. The highest BCUT2D eigenvalue weighted by Gasteiger charge is 2.98. The summed E-state index contributed by atoms with van der Waals surface area (Å²) in [5.41, 5.74) is 4.38. The Kier molecular flexibility index (Phi) is 3.24. The third-order valence-electron chi connectivity index (χ3n) is 5.39. The first-order valence-corrected chi connectivity index (χ1v) is 8.60. The number of nitriles is 2. The molecule has 3 N–H and O–H groups in total. The summed E-state index contributed by atoms with van der Waals surface area (Å²) >= 11 is 3.44. The molecule has 25 heavy (non-hydrogen) atoms. The van der Waals surface area contributed by atoms with Crippen molar-refractivity contribution in [2.75, 3.05) is 13.7 Å². The molecule has 1 saturated heterocycles. The first kappa shape index (κ1) is 16.3. The highest BCUT2D eigenvalue weighted by Crippen LogP contribution is 2.80. The van der Waals surface area contributed by atoms with Crippen molar-refractivity contribution in [1.82, 2.24) is 0 Å². The van der Waals surface area contributed by atoms with Crippen LogP contribution in [0.1, 0.15) is 18.4 Å². The number of hydrogen-bond donors (Lipinski definition) is 2. The molecule has 0 aromatic heterocycles. The molecule has 1 saturated carbocycles. The van der Waals surface area contributed by atoms with Gasteiger partial charge >= 0.3 is 5.91 Å². The second-order valence-electron chi connectivity index (χ2n) is 6.55. The van der Waals surface area contributed by atoms with Crippen LogP contribution in [-0.4, -0.2) is 31.6 Å². The number of amidine groups is 1. The average molecular weight is 404 g/mol. The zero-order valence-corrected chi connectivity index (χ0v) is 15.3. The van der Waals surface area contributed by atoms with E-state index in [0.29, 0.717) is 12.4 Å². The first-order chi connectivity index (χ1) is 11.9. The lowest BCUT2D eigenvalue weighted by Gasteiger charge is -2.24. The van der Waals surface area contributed by atoms with Gasteiger partial charge < -0.3 is 14.2 Å². The molecule has 7 nitrogen and oxygen atoms in total. The third kappa shape index (κ3) is 1.63. The highest BCUT2D eigenvalue weighted by molar-refractivity contribution is 9.10. The van der Waals surface area contributed by atoms with Gasteiger partial charge in [0.25, 0.3) is 5.84 Å². The van der Waals surface area contributed by atoms with Crippen LogP contribution in [0.5, 0.6) is 5.75 Å². The molecular weight excluding hydrogens is 388 g/mol. The topological polar surface area (TPSA) is 115 Å². The van der Waals surface area contributed by atoms with Crippen molar-refractivity contribution < 1.29 is 19.2 Å². The lowest BCUT2D eigenvalue weighted by molar-refractivity contribution is -0.677. The molecule has 4 rings (SSSR count). The molecule has 2 aliphatic heterocycles. The predicted molar refractivity (Wildman–Crippen MR) is 88.9 cm³/mol. The standard InChI is InChI=1S/C17H15BrN4O3/c1-9-6-24-17(25-9)16(8-20)13(15(16,7-19)14(21)22-17)11-5-10(18)3-4-12(11)23-2/h3-5,9,13H,6H2,1-2H3,(H2,21,22)/p+1/t9-,13+,15+,16+,17-/m0/s1. The van der Waals surface area contributed by atoms with Crippen LogP contribution in [0, 0.1) is 33.5 Å². The maximum Gasteiger partial charge on any atom is 0.343 e. The second kappa shape index (κ2) is 4.95. The number of methoxy groups -OCH3 is 1. The van der Waals surface area contributed by atoms with Crippen molar-refractivity contribution in [1.29, 1.82) is 10.5 Å². The number of nitrogens with zero attached hydrogens (tertiary/aromatic N) is 2. The lowest BCUT2D eigenvalue weighted by atomic mass is 9.93. The van der Waals surface area contributed by atoms with Gasteiger partial charge in [-0.15, -0.1) is 0 Å². The van der Waals surface area contributed by atoms with Crippen molar-refractivity contribution in [2.24, 2.45) is 16.6 Å². The normalized spacial score (nSPS) is 40.9. The zero-order chi connectivity index (χ0) is 18.0. The van der Waals surface area contributed by atoms with Gasteiger partial charge in [0.05, 0.1) is 37.9 Å². The molecule has 0 bridgehead atoms. The van der Waals surface area contributed by atoms with E-state index in [4.69, 9.17) is 19.9 Å². The van der Waals surface area contributed by atoms with Gasteiger partial charge in [-0.05, 0) is 25.1 Å². The van der Waals surface area contributed by atoms with Crippen LogP contribution in [0.25, 0.3) is 0 Å². The van der Waals surface area contributed by atoms with Crippen LogP contribution in [-0.2, 0) is 9.47 Å². The molecule has 0 amide bonds. The number of benzene rings is 1. The quantitative estimate of drug-likeness (QED) is 0.724. The van der Waals surface area contributed by atoms with Crippen LogP contribution in [0.15, 0.2) is 22.7 Å². The summed E-state index contributed by atoms with van der Waals surface area (Å²) in [6.07, 6.45) is -0.217. The molecule has 128 valence electrons. The summed E-state index contributed by atoms with van der Waals surface area (Å²) in [7, 11) is 1.55. The van der Waals surface area contributed by atoms with Crippen molar-refractivity contribution in [3.63, 3.8) is 0 Å². The Morgan fingerprint density at radius 2 is 2.16 bits per heavy atom. The van der Waals surface area contributed by atoms with Crippen molar-refractivity contribution in [3.8, 4) is 17.9 Å². The Morgan fingerprint density at radius 1 is 1.40 bits per heavy atom. The van der Waals surface area contributed by atoms with Gasteiger partial charge in [-0.1, -0.05) is 15.9 Å². The van der Waals surface area contributed by atoms with E-state index >= 15 is 0 Å². The summed E-state index contributed by atoms with van der Waals surface area (Å²) in [6.45, 7) is 2.16. The summed E-state index contributed by atoms with van der Waals surface area (Å²) in [5, 5.41) is 20.1. The third-order valence-corrected chi connectivity index (χ3v) is 5.89. The van der Waals surface area contributed by atoms with E-state index < -0.39 is 22.7 Å². The molecular formula is C17H16BrN4O3+. The van der Waals surface area contributed by atoms with Gasteiger partial charge in [-0.2, -0.15) is 10.5 Å². The van der Waals surface area contributed by atoms with E-state index in [1.807, 2.05) is 19.1 Å². The monoisotopic (exact) mass is 403 g/mol. The molecule has 1 spiro atoms. The minimum absolute atomic E-state index is 0.192. The zero-order valence-electron chi connectivity index (χ0n) is 13.7. The number of hydrogen-bond acceptors (Lipinski definition) is 6. The molecule has 1 aromatic carbocycles. The fourth-order valence-electron chi connectivity index (χ4n) is 4.36. The minimum Gasteiger partial charge on any atom is -0.496 e. The largest absolute Gasteiger partial charge is 0.496 e. The number of fused-ring (bicyclic) bond motifs is 2. The number of rotatable bonds is 2. The van der Waals surface area contributed by atoms with Crippen LogP contribution in [0.3, 0.4) is 0 Å². The van der Waals surface area contributed by atoms with E-state index in [9.17, 15) is 10.5 Å². The van der Waals surface area contributed by atoms with E-state index in [2.05, 4.69) is 33.1 Å². The Balaban J connectivity index is 1.95. The van der Waals surface area contributed by atoms with E-state index in [1.165, 1.54) is 0 Å². The molecule has 0 radical (unpaired) electrons. The summed E-state index contributed by atoms with van der Waals surface area (Å²) in [5.74, 6) is -1.19. The van der Waals surface area contributed by atoms with Crippen molar-refractivity contribution in [2.45, 2.75) is 24.9 Å². The van der Waals surface area contributed by atoms with E-state index in [0.717, 1.165) is 10.0 Å². The van der Waals surface area contributed by atoms with Gasteiger partial charge in [0.2, 0.25) is 0 Å². The van der Waals surface area contributed by atoms with Crippen LogP contribution >= 0.6 is 15.9 Å². The van der Waals surface area contributed by atoms with Gasteiger partial charge in [0.1, 0.15) is 5.75 Å². The van der Waals surface area contributed by atoms with Crippen LogP contribution < -0.4 is 15.5 Å². The van der Waals surface area contributed by atoms with Crippen molar-refractivity contribution in [3.05, 3.63) is 28.2 Å². The number of halogens is 1. The highest BCUT2D eigenvalue weighted by atomic mass is 79.9. The predicted octanol–water partition coefficient (Wildman–Crippen LogP) is 0.115. The van der Waals surface area contributed by atoms with E-state index in [1.54, 1.807) is 13.2 Å². The molecule has 5 atom stereocenters. The maximum absolute atomic E-state index is 10.1. The van der Waals surface area contributed by atoms with Crippen LogP contribution in [0.2, 0.25) is 0 Å². The van der Waals surface area contributed by atoms with E-state index in [-0.39, 0.29) is 11.9 Å². The number of nitrogens with one attached hydrogen (secondary N) is 1.